The van der Waals surface area contributed by atoms with Crippen LogP contribution in [0.5, 0.6) is 0 Å². The predicted molar refractivity (Wildman–Crippen MR) is 123 cm³/mol. The van der Waals surface area contributed by atoms with E-state index in [2.05, 4.69) is 25.5 Å². The van der Waals surface area contributed by atoms with E-state index in [1.54, 1.807) is 42.1 Å². The number of aryl methyl sites for hydroxylation is 1. The Balaban J connectivity index is 1.53. The smallest absolute Gasteiger partial charge is 0.236 e. The number of para-hydroxylation sites is 1. The molecule has 0 aliphatic rings. The molecule has 33 heavy (non-hydrogen) atoms. The standard InChI is InChI=1S/C23H17FN6O2S/c1-14-11-19(29-32-14)26-20(31)13-33-23-17-12-25-30(15-7-3-2-4-8-15)22(17)27-21(28-23)16-9-5-6-10-18(16)24/h2-12H,13H2,1H3,(H,26,29,31). The molecule has 0 saturated heterocycles. The summed E-state index contributed by atoms with van der Waals surface area (Å²) in [6.07, 6.45) is 1.65. The summed E-state index contributed by atoms with van der Waals surface area (Å²) in [6, 6.07) is 17.4. The van der Waals surface area contributed by atoms with E-state index in [0.29, 0.717) is 27.6 Å². The van der Waals surface area contributed by atoms with Gasteiger partial charge in [0, 0.05) is 6.07 Å². The van der Waals surface area contributed by atoms with Gasteiger partial charge in [0.1, 0.15) is 16.6 Å². The molecule has 1 amide bonds. The van der Waals surface area contributed by atoms with Gasteiger partial charge in [-0.05, 0) is 31.2 Å². The number of amides is 1. The van der Waals surface area contributed by atoms with Crippen molar-refractivity contribution in [2.24, 2.45) is 0 Å². The summed E-state index contributed by atoms with van der Waals surface area (Å²) in [6.45, 7) is 1.74. The van der Waals surface area contributed by atoms with Crippen molar-refractivity contribution < 1.29 is 13.7 Å². The van der Waals surface area contributed by atoms with Crippen LogP contribution in [0.2, 0.25) is 0 Å². The van der Waals surface area contributed by atoms with E-state index >= 15 is 0 Å². The highest BCUT2D eigenvalue weighted by Crippen LogP contribution is 2.30. The van der Waals surface area contributed by atoms with Crippen molar-refractivity contribution in [2.45, 2.75) is 11.9 Å². The predicted octanol–water partition coefficient (Wildman–Crippen LogP) is 4.65. The van der Waals surface area contributed by atoms with Crippen LogP contribution in [0.3, 0.4) is 0 Å². The summed E-state index contributed by atoms with van der Waals surface area (Å²) in [5, 5.41) is 12.1. The molecule has 0 saturated carbocycles. The van der Waals surface area contributed by atoms with Gasteiger partial charge in [-0.3, -0.25) is 4.79 Å². The van der Waals surface area contributed by atoms with E-state index in [4.69, 9.17) is 4.52 Å². The van der Waals surface area contributed by atoms with E-state index in [1.165, 1.54) is 17.8 Å². The number of carbonyl (C=O) groups is 1. The van der Waals surface area contributed by atoms with Gasteiger partial charge in [0.25, 0.3) is 0 Å². The van der Waals surface area contributed by atoms with Crippen LogP contribution in [0, 0.1) is 12.7 Å². The maximum atomic E-state index is 14.5. The lowest BCUT2D eigenvalue weighted by molar-refractivity contribution is -0.113. The minimum absolute atomic E-state index is 0.0608. The van der Waals surface area contributed by atoms with Gasteiger partial charge in [0.15, 0.2) is 17.3 Å². The molecule has 164 valence electrons. The number of fused-ring (bicyclic) bond motifs is 1. The lowest BCUT2D eigenvalue weighted by Crippen LogP contribution is -2.14. The molecule has 0 aliphatic heterocycles. The maximum Gasteiger partial charge on any atom is 0.236 e. The molecule has 5 rings (SSSR count). The molecule has 0 fully saturated rings. The monoisotopic (exact) mass is 460 g/mol. The summed E-state index contributed by atoms with van der Waals surface area (Å²) in [5.74, 6) is 0.507. The molecule has 3 aromatic heterocycles. The number of benzene rings is 2. The number of hydrogen-bond acceptors (Lipinski definition) is 7. The van der Waals surface area contributed by atoms with Crippen LogP contribution >= 0.6 is 11.8 Å². The maximum absolute atomic E-state index is 14.5. The number of anilines is 1. The highest BCUT2D eigenvalue weighted by atomic mass is 32.2. The topological polar surface area (TPSA) is 98.7 Å². The Labute approximate surface area is 191 Å². The Morgan fingerprint density at radius 3 is 2.67 bits per heavy atom. The van der Waals surface area contributed by atoms with E-state index < -0.39 is 5.82 Å². The minimum Gasteiger partial charge on any atom is -0.360 e. The largest absolute Gasteiger partial charge is 0.360 e. The van der Waals surface area contributed by atoms with Crippen LogP contribution < -0.4 is 5.32 Å². The van der Waals surface area contributed by atoms with Crippen LogP contribution in [-0.2, 0) is 4.79 Å². The molecule has 0 aliphatic carbocycles. The number of nitrogens with one attached hydrogen (secondary N) is 1. The highest BCUT2D eigenvalue weighted by Gasteiger charge is 2.18. The molecule has 2 aromatic carbocycles. The molecule has 3 heterocycles. The van der Waals surface area contributed by atoms with Crippen LogP contribution in [0.4, 0.5) is 10.2 Å². The van der Waals surface area contributed by atoms with Crippen molar-refractivity contribution in [1.29, 1.82) is 0 Å². The third kappa shape index (κ3) is 4.33. The number of nitrogens with zero attached hydrogens (tertiary/aromatic N) is 5. The summed E-state index contributed by atoms with van der Waals surface area (Å²) >= 11 is 1.21. The lowest BCUT2D eigenvalue weighted by Gasteiger charge is -2.08. The molecule has 1 N–H and O–H groups in total. The fraction of sp³-hybridized carbons (Fsp3) is 0.0870. The zero-order valence-electron chi connectivity index (χ0n) is 17.4. The Morgan fingerprint density at radius 1 is 1.12 bits per heavy atom. The van der Waals surface area contributed by atoms with Gasteiger partial charge in [-0.2, -0.15) is 5.10 Å². The van der Waals surface area contributed by atoms with E-state index in [9.17, 15) is 9.18 Å². The summed E-state index contributed by atoms with van der Waals surface area (Å²) in [5.41, 5.74) is 1.59. The van der Waals surface area contributed by atoms with Crippen LogP contribution in [0.15, 0.2) is 76.4 Å². The molecule has 0 unspecified atom stereocenters. The van der Waals surface area contributed by atoms with E-state index in [1.807, 2.05) is 30.3 Å². The number of rotatable bonds is 6. The fourth-order valence-electron chi connectivity index (χ4n) is 3.25. The third-order valence-corrected chi connectivity index (χ3v) is 5.74. The number of carbonyl (C=O) groups excluding carboxylic acids is 1. The van der Waals surface area contributed by atoms with Crippen molar-refractivity contribution in [3.05, 3.63) is 78.4 Å². The first-order chi connectivity index (χ1) is 16.1. The second-order valence-corrected chi connectivity index (χ2v) is 8.09. The Bertz CT molecular complexity index is 1450. The Kier molecular flexibility index (Phi) is 5.57. The second-order valence-electron chi connectivity index (χ2n) is 7.12. The summed E-state index contributed by atoms with van der Waals surface area (Å²) < 4.78 is 21.2. The van der Waals surface area contributed by atoms with Gasteiger partial charge >= 0.3 is 0 Å². The molecule has 8 nitrogen and oxygen atoms in total. The first-order valence-corrected chi connectivity index (χ1v) is 11.0. The Hall–Kier alpha value is -4.05. The van der Waals surface area contributed by atoms with Crippen molar-refractivity contribution in [3.63, 3.8) is 0 Å². The molecule has 5 aromatic rings. The first-order valence-electron chi connectivity index (χ1n) is 10.0. The number of thioether (sulfide) groups is 1. The van der Waals surface area contributed by atoms with E-state index in [0.717, 1.165) is 5.69 Å². The average Bonchev–Trinajstić information content (AvgIpc) is 3.44. The fourth-order valence-corrected chi connectivity index (χ4v) is 4.04. The number of halogens is 1. The quantitative estimate of drug-likeness (QED) is 0.291. The molecular weight excluding hydrogens is 443 g/mol. The average molecular weight is 460 g/mol. The van der Waals surface area contributed by atoms with Crippen molar-refractivity contribution >= 4 is 34.5 Å². The van der Waals surface area contributed by atoms with Crippen molar-refractivity contribution in [3.8, 4) is 17.1 Å². The minimum atomic E-state index is -0.433. The summed E-state index contributed by atoms with van der Waals surface area (Å²) in [7, 11) is 0. The summed E-state index contributed by atoms with van der Waals surface area (Å²) in [4.78, 5) is 21.6. The number of hydrogen-bond donors (Lipinski definition) is 1. The third-order valence-electron chi connectivity index (χ3n) is 4.74. The van der Waals surface area contributed by atoms with Gasteiger partial charge in [0.05, 0.1) is 28.6 Å². The first kappa shape index (κ1) is 20.8. The van der Waals surface area contributed by atoms with Gasteiger partial charge in [-0.15, -0.1) is 0 Å². The van der Waals surface area contributed by atoms with Gasteiger partial charge in [-0.25, -0.2) is 19.0 Å². The highest BCUT2D eigenvalue weighted by molar-refractivity contribution is 8.00. The molecular formula is C23H17FN6O2S. The Morgan fingerprint density at radius 2 is 1.91 bits per heavy atom. The van der Waals surface area contributed by atoms with E-state index in [-0.39, 0.29) is 23.0 Å². The van der Waals surface area contributed by atoms with Gasteiger partial charge in [-0.1, -0.05) is 47.3 Å². The van der Waals surface area contributed by atoms with Crippen LogP contribution in [0.1, 0.15) is 5.76 Å². The second kappa shape index (κ2) is 8.83. The van der Waals surface area contributed by atoms with Crippen molar-refractivity contribution in [1.82, 2.24) is 24.9 Å². The molecule has 10 heteroatoms. The molecule has 0 atom stereocenters. The normalized spacial score (nSPS) is 11.1. The van der Waals surface area contributed by atoms with Crippen molar-refractivity contribution in [2.75, 3.05) is 11.1 Å². The van der Waals surface area contributed by atoms with Gasteiger partial charge in [0.2, 0.25) is 5.91 Å². The molecule has 0 bridgehead atoms. The lowest BCUT2D eigenvalue weighted by atomic mass is 10.2. The SMILES string of the molecule is Cc1cc(NC(=O)CSc2nc(-c3ccccc3F)nc3c2cnn3-c2ccccc2)no1. The molecule has 0 radical (unpaired) electrons. The van der Waals surface area contributed by atoms with Gasteiger partial charge < -0.3 is 9.84 Å². The number of aromatic nitrogens is 5. The van der Waals surface area contributed by atoms with Crippen LogP contribution in [0.25, 0.3) is 28.1 Å². The zero-order valence-corrected chi connectivity index (χ0v) is 18.2. The van der Waals surface area contributed by atoms with Crippen LogP contribution in [-0.4, -0.2) is 36.6 Å². The molecule has 0 spiro atoms. The zero-order chi connectivity index (χ0) is 22.8.